The number of benzene rings is 1. The molecule has 0 aliphatic rings. The van der Waals surface area contributed by atoms with Crippen molar-refractivity contribution in [2.75, 3.05) is 0 Å². The van der Waals surface area contributed by atoms with E-state index in [1.165, 1.54) is 25.3 Å². The van der Waals surface area contributed by atoms with Crippen molar-refractivity contribution in [2.24, 2.45) is 5.18 Å². The summed E-state index contributed by atoms with van der Waals surface area (Å²) in [5, 5.41) is 11.6. The van der Waals surface area contributed by atoms with Gasteiger partial charge in [0.05, 0.1) is 5.56 Å². The second-order valence-corrected chi connectivity index (χ2v) is 3.95. The number of hydrogen-bond donors (Lipinski definition) is 0. The number of nitroso groups, excluding NO2 is 1. The Hall–Kier alpha value is -2.87. The van der Waals surface area contributed by atoms with Crippen LogP contribution in [0.25, 0.3) is 11.1 Å². The molecule has 0 fully saturated rings. The molecule has 0 saturated carbocycles. The Morgan fingerprint density at radius 1 is 1.26 bits per heavy atom. The first-order chi connectivity index (χ1) is 9.15. The average Bonchev–Trinajstić information content (AvgIpc) is 2.46. The molecule has 1 heterocycles. The second kappa shape index (κ2) is 5.19. The lowest BCUT2D eigenvalue weighted by atomic mass is 10.0. The standard InChI is InChI=1S/C14H9N3O2/c1-9(18)12-4-13(8-16-7-12)10-2-3-11(6-15)14(5-10)17-19/h2-5,7-8H,1H3. The third-order valence-corrected chi connectivity index (χ3v) is 2.69. The van der Waals surface area contributed by atoms with Gasteiger partial charge in [-0.25, -0.2) is 0 Å². The van der Waals surface area contributed by atoms with Crippen LogP contribution in [-0.2, 0) is 0 Å². The molecule has 0 radical (unpaired) electrons. The molecular formula is C14H9N3O2. The number of Topliss-reactive ketones (excluding diaryl/α,β-unsaturated/α-hetero) is 1. The van der Waals surface area contributed by atoms with Gasteiger partial charge in [-0.05, 0) is 35.9 Å². The van der Waals surface area contributed by atoms with Gasteiger partial charge in [0.15, 0.2) is 5.78 Å². The highest BCUT2D eigenvalue weighted by molar-refractivity contribution is 5.94. The zero-order valence-corrected chi connectivity index (χ0v) is 10.1. The lowest BCUT2D eigenvalue weighted by Gasteiger charge is -2.04. The van der Waals surface area contributed by atoms with Crippen LogP contribution >= 0.6 is 0 Å². The monoisotopic (exact) mass is 251 g/mol. The number of carbonyl (C=O) groups is 1. The normalized spacial score (nSPS) is 9.68. The Morgan fingerprint density at radius 2 is 2.05 bits per heavy atom. The van der Waals surface area contributed by atoms with E-state index in [-0.39, 0.29) is 17.0 Å². The highest BCUT2D eigenvalue weighted by Gasteiger charge is 2.07. The van der Waals surface area contributed by atoms with Crippen LogP contribution in [-0.4, -0.2) is 10.8 Å². The molecule has 1 aromatic carbocycles. The molecule has 0 aliphatic carbocycles. The number of nitriles is 1. The minimum Gasteiger partial charge on any atom is -0.294 e. The predicted octanol–water partition coefficient (Wildman–Crippen LogP) is 3.22. The van der Waals surface area contributed by atoms with Crippen molar-refractivity contribution >= 4 is 11.5 Å². The van der Waals surface area contributed by atoms with Crippen LogP contribution < -0.4 is 0 Å². The average molecular weight is 251 g/mol. The Balaban J connectivity index is 2.53. The summed E-state index contributed by atoms with van der Waals surface area (Å²) in [6.07, 6.45) is 3.07. The van der Waals surface area contributed by atoms with Gasteiger partial charge in [0.1, 0.15) is 11.8 Å². The number of hydrogen-bond acceptors (Lipinski definition) is 5. The Labute approximate surface area is 109 Å². The number of rotatable bonds is 3. The van der Waals surface area contributed by atoms with Crippen LogP contribution in [0.5, 0.6) is 0 Å². The van der Waals surface area contributed by atoms with E-state index in [4.69, 9.17) is 5.26 Å². The molecular weight excluding hydrogens is 242 g/mol. The molecule has 5 nitrogen and oxygen atoms in total. The molecule has 0 amide bonds. The maximum absolute atomic E-state index is 11.3. The van der Waals surface area contributed by atoms with E-state index in [1.54, 1.807) is 18.3 Å². The molecule has 0 N–H and O–H groups in total. The molecule has 0 unspecified atom stereocenters. The third-order valence-electron chi connectivity index (χ3n) is 2.69. The van der Waals surface area contributed by atoms with Gasteiger partial charge in [0.25, 0.3) is 0 Å². The van der Waals surface area contributed by atoms with Crippen LogP contribution in [0.15, 0.2) is 41.8 Å². The highest BCUT2D eigenvalue weighted by Crippen LogP contribution is 2.27. The largest absolute Gasteiger partial charge is 0.294 e. The van der Waals surface area contributed by atoms with Crippen LogP contribution in [0.1, 0.15) is 22.8 Å². The first kappa shape index (κ1) is 12.6. The molecule has 0 bridgehead atoms. The predicted molar refractivity (Wildman–Crippen MR) is 69.8 cm³/mol. The van der Waals surface area contributed by atoms with E-state index in [0.29, 0.717) is 16.7 Å². The molecule has 2 aromatic rings. The van der Waals surface area contributed by atoms with Crippen molar-refractivity contribution in [3.05, 3.63) is 52.7 Å². The summed E-state index contributed by atoms with van der Waals surface area (Å²) >= 11 is 0. The number of pyridine rings is 1. The van der Waals surface area contributed by atoms with Crippen molar-refractivity contribution in [3.63, 3.8) is 0 Å². The fourth-order valence-corrected chi connectivity index (χ4v) is 1.67. The first-order valence-electron chi connectivity index (χ1n) is 5.49. The third kappa shape index (κ3) is 2.53. The van der Waals surface area contributed by atoms with E-state index in [2.05, 4.69) is 10.2 Å². The van der Waals surface area contributed by atoms with Crippen LogP contribution in [0.2, 0.25) is 0 Å². The van der Waals surface area contributed by atoms with Crippen molar-refractivity contribution in [2.45, 2.75) is 6.92 Å². The van der Waals surface area contributed by atoms with Crippen molar-refractivity contribution in [1.29, 1.82) is 5.26 Å². The lowest BCUT2D eigenvalue weighted by Crippen LogP contribution is -1.93. The van der Waals surface area contributed by atoms with E-state index >= 15 is 0 Å². The fraction of sp³-hybridized carbons (Fsp3) is 0.0714. The van der Waals surface area contributed by atoms with E-state index in [9.17, 15) is 9.70 Å². The first-order valence-corrected chi connectivity index (χ1v) is 5.49. The molecule has 5 heteroatoms. The van der Waals surface area contributed by atoms with Crippen LogP contribution in [0.4, 0.5) is 5.69 Å². The van der Waals surface area contributed by atoms with Gasteiger partial charge >= 0.3 is 0 Å². The van der Waals surface area contributed by atoms with Gasteiger partial charge in [0.2, 0.25) is 0 Å². The quantitative estimate of drug-likeness (QED) is 0.619. The summed E-state index contributed by atoms with van der Waals surface area (Å²) in [7, 11) is 0. The van der Waals surface area contributed by atoms with E-state index in [0.717, 1.165) is 0 Å². The summed E-state index contributed by atoms with van der Waals surface area (Å²) < 4.78 is 0. The molecule has 19 heavy (non-hydrogen) atoms. The van der Waals surface area contributed by atoms with Gasteiger partial charge in [-0.3, -0.25) is 9.78 Å². The Kier molecular flexibility index (Phi) is 3.44. The van der Waals surface area contributed by atoms with Crippen molar-refractivity contribution < 1.29 is 4.79 Å². The topological polar surface area (TPSA) is 83.2 Å². The summed E-state index contributed by atoms with van der Waals surface area (Å²) in [6.45, 7) is 1.46. The number of aromatic nitrogens is 1. The van der Waals surface area contributed by atoms with Gasteiger partial charge in [-0.15, -0.1) is 4.91 Å². The zero-order valence-electron chi connectivity index (χ0n) is 10.1. The molecule has 0 aliphatic heterocycles. The lowest BCUT2D eigenvalue weighted by molar-refractivity contribution is 0.101. The van der Waals surface area contributed by atoms with Gasteiger partial charge in [-0.2, -0.15) is 5.26 Å². The molecule has 92 valence electrons. The van der Waals surface area contributed by atoms with E-state index < -0.39 is 0 Å². The Bertz CT molecular complexity index is 702. The fourth-order valence-electron chi connectivity index (χ4n) is 1.67. The molecule has 0 spiro atoms. The molecule has 1 aromatic heterocycles. The number of ketones is 1. The number of carbonyl (C=O) groups excluding carboxylic acids is 1. The maximum atomic E-state index is 11.3. The summed E-state index contributed by atoms with van der Waals surface area (Å²) in [4.78, 5) is 26.0. The summed E-state index contributed by atoms with van der Waals surface area (Å²) in [5.74, 6) is -0.0864. The second-order valence-electron chi connectivity index (χ2n) is 3.95. The van der Waals surface area contributed by atoms with Gasteiger partial charge in [-0.1, -0.05) is 6.07 Å². The van der Waals surface area contributed by atoms with Crippen molar-refractivity contribution in [1.82, 2.24) is 4.98 Å². The van der Waals surface area contributed by atoms with E-state index in [1.807, 2.05) is 6.07 Å². The van der Waals surface area contributed by atoms with Crippen LogP contribution in [0.3, 0.4) is 0 Å². The zero-order chi connectivity index (χ0) is 13.8. The van der Waals surface area contributed by atoms with Gasteiger partial charge < -0.3 is 0 Å². The Morgan fingerprint density at radius 3 is 2.68 bits per heavy atom. The highest BCUT2D eigenvalue weighted by atomic mass is 16.3. The van der Waals surface area contributed by atoms with Gasteiger partial charge in [0, 0.05) is 23.5 Å². The smallest absolute Gasteiger partial charge is 0.161 e. The van der Waals surface area contributed by atoms with Crippen LogP contribution in [0, 0.1) is 16.2 Å². The summed E-state index contributed by atoms with van der Waals surface area (Å²) in [6, 6.07) is 8.29. The summed E-state index contributed by atoms with van der Waals surface area (Å²) in [5.41, 5.74) is 2.16. The molecule has 2 rings (SSSR count). The minimum atomic E-state index is -0.0864. The molecule has 0 saturated heterocycles. The minimum absolute atomic E-state index is 0.0771. The SMILES string of the molecule is CC(=O)c1cncc(-c2ccc(C#N)c(N=O)c2)c1. The number of nitrogens with zero attached hydrogens (tertiary/aromatic N) is 3. The molecule has 0 atom stereocenters. The maximum Gasteiger partial charge on any atom is 0.161 e. The van der Waals surface area contributed by atoms with Crippen molar-refractivity contribution in [3.8, 4) is 17.2 Å².